The van der Waals surface area contributed by atoms with E-state index in [2.05, 4.69) is 25.2 Å². The van der Waals surface area contributed by atoms with Crippen LogP contribution >= 0.6 is 0 Å². The molecule has 3 heteroatoms. The maximum atomic E-state index is 11.3. The third-order valence-corrected chi connectivity index (χ3v) is 4.66. The third kappa shape index (κ3) is 10.1. The summed E-state index contributed by atoms with van der Waals surface area (Å²) in [4.78, 5) is 22.4. The fourth-order valence-electron chi connectivity index (χ4n) is 3.16. The van der Waals surface area contributed by atoms with Crippen LogP contribution in [0.3, 0.4) is 0 Å². The number of ether oxygens (including phenoxy) is 1. The first-order valence-electron chi connectivity index (χ1n) is 9.79. The van der Waals surface area contributed by atoms with Crippen LogP contribution in [0.5, 0.6) is 0 Å². The molecule has 0 radical (unpaired) electrons. The van der Waals surface area contributed by atoms with E-state index in [9.17, 15) is 9.59 Å². The maximum absolute atomic E-state index is 11.3. The normalized spacial score (nSPS) is 21.7. The molecule has 1 rings (SSSR count). The molecule has 3 atom stereocenters. The van der Waals surface area contributed by atoms with Crippen LogP contribution in [0.1, 0.15) is 71.6 Å². The van der Waals surface area contributed by atoms with Crippen LogP contribution in [0.2, 0.25) is 0 Å². The highest BCUT2D eigenvalue weighted by atomic mass is 16.5. The topological polar surface area (TPSA) is 43.4 Å². The molecular formula is C22H34O3. The van der Waals surface area contributed by atoms with Crippen LogP contribution in [0.4, 0.5) is 0 Å². The van der Waals surface area contributed by atoms with Gasteiger partial charge in [-0.1, -0.05) is 69.4 Å². The van der Waals surface area contributed by atoms with E-state index in [4.69, 9.17) is 4.74 Å². The molecule has 0 bridgehead atoms. The number of carbonyl (C=O) groups is 2. The first-order valence-corrected chi connectivity index (χ1v) is 9.79. The Morgan fingerprint density at radius 3 is 2.44 bits per heavy atom. The fraction of sp³-hybridized carbons (Fsp3) is 0.636. The van der Waals surface area contributed by atoms with Gasteiger partial charge in [-0.3, -0.25) is 4.79 Å². The van der Waals surface area contributed by atoms with Gasteiger partial charge in [-0.05, 0) is 37.7 Å². The molecule has 0 fully saturated rings. The summed E-state index contributed by atoms with van der Waals surface area (Å²) >= 11 is 0. The largest absolute Gasteiger partial charge is 0.458 e. The van der Waals surface area contributed by atoms with Crippen molar-refractivity contribution in [3.63, 3.8) is 0 Å². The lowest BCUT2D eigenvalue weighted by Gasteiger charge is -2.20. The van der Waals surface area contributed by atoms with E-state index in [-0.39, 0.29) is 23.9 Å². The Kier molecular flexibility index (Phi) is 11.7. The van der Waals surface area contributed by atoms with Crippen molar-refractivity contribution in [2.75, 3.05) is 0 Å². The second kappa shape index (κ2) is 13.6. The lowest BCUT2D eigenvalue weighted by Crippen LogP contribution is -2.15. The molecule has 0 aromatic carbocycles. The molecule has 0 aromatic heterocycles. The molecular weight excluding hydrogens is 312 g/mol. The minimum atomic E-state index is -0.233. The first-order chi connectivity index (χ1) is 12.2. The van der Waals surface area contributed by atoms with E-state index < -0.39 is 0 Å². The zero-order chi connectivity index (χ0) is 18.3. The number of carbonyl (C=O) groups excluding carboxylic acids is 2. The van der Waals surface area contributed by atoms with Crippen molar-refractivity contribution in [3.05, 3.63) is 36.5 Å². The average molecular weight is 347 g/mol. The predicted octanol–water partition coefficient (Wildman–Crippen LogP) is 5.56. The van der Waals surface area contributed by atoms with Gasteiger partial charge in [0, 0.05) is 12.8 Å². The lowest BCUT2D eigenvalue weighted by atomic mass is 9.84. The zero-order valence-electron chi connectivity index (χ0n) is 15.9. The highest BCUT2D eigenvalue weighted by Crippen LogP contribution is 2.25. The molecule has 0 spiro atoms. The molecule has 25 heavy (non-hydrogen) atoms. The minimum absolute atomic E-state index is 0.0852. The summed E-state index contributed by atoms with van der Waals surface area (Å²) in [6.07, 6.45) is 23.1. The second-order valence-electron chi connectivity index (χ2n) is 6.88. The van der Waals surface area contributed by atoms with Crippen LogP contribution in [0.15, 0.2) is 36.5 Å². The van der Waals surface area contributed by atoms with Crippen molar-refractivity contribution < 1.29 is 14.3 Å². The molecule has 0 saturated carbocycles. The average Bonchev–Trinajstić information content (AvgIpc) is 2.61. The molecule has 0 amide bonds. The van der Waals surface area contributed by atoms with Gasteiger partial charge < -0.3 is 9.53 Å². The molecule has 0 aliphatic heterocycles. The Hall–Kier alpha value is -1.64. The number of allylic oxidation sites excluding steroid dienone is 5. The Bertz CT molecular complexity index is 462. The first kappa shape index (κ1) is 21.4. The number of unbranched alkanes of at least 4 members (excludes halogenated alkanes) is 5. The smallest absolute Gasteiger partial charge is 0.303 e. The summed E-state index contributed by atoms with van der Waals surface area (Å²) in [7, 11) is 0. The van der Waals surface area contributed by atoms with Crippen molar-refractivity contribution in [1.29, 1.82) is 0 Å². The molecule has 140 valence electrons. The van der Waals surface area contributed by atoms with Crippen molar-refractivity contribution >= 4 is 12.3 Å². The number of rotatable bonds is 12. The van der Waals surface area contributed by atoms with E-state index in [0.717, 1.165) is 32.0 Å². The van der Waals surface area contributed by atoms with Gasteiger partial charge in [-0.2, -0.15) is 0 Å². The van der Waals surface area contributed by atoms with Crippen molar-refractivity contribution in [3.8, 4) is 0 Å². The minimum Gasteiger partial charge on any atom is -0.458 e. The van der Waals surface area contributed by atoms with Crippen LogP contribution in [-0.2, 0) is 14.3 Å². The van der Waals surface area contributed by atoms with E-state index in [0.29, 0.717) is 0 Å². The highest BCUT2D eigenvalue weighted by Gasteiger charge is 2.18. The zero-order valence-corrected chi connectivity index (χ0v) is 15.9. The van der Waals surface area contributed by atoms with Gasteiger partial charge in [0.15, 0.2) is 0 Å². The fourth-order valence-corrected chi connectivity index (χ4v) is 3.16. The van der Waals surface area contributed by atoms with Gasteiger partial charge in [0.25, 0.3) is 0 Å². The summed E-state index contributed by atoms with van der Waals surface area (Å²) in [6, 6.07) is 0. The number of aldehydes is 1. The van der Waals surface area contributed by atoms with Gasteiger partial charge in [0.1, 0.15) is 12.4 Å². The van der Waals surface area contributed by atoms with Gasteiger partial charge >= 0.3 is 5.97 Å². The van der Waals surface area contributed by atoms with Gasteiger partial charge in [-0.25, -0.2) is 0 Å². The molecule has 0 aromatic rings. The summed E-state index contributed by atoms with van der Waals surface area (Å²) in [6.45, 7) is 3.68. The summed E-state index contributed by atoms with van der Waals surface area (Å²) in [5.41, 5.74) is 0. The molecule has 0 saturated heterocycles. The summed E-state index contributed by atoms with van der Waals surface area (Å²) in [5, 5.41) is 0. The third-order valence-electron chi connectivity index (χ3n) is 4.66. The number of hydrogen-bond acceptors (Lipinski definition) is 3. The highest BCUT2D eigenvalue weighted by molar-refractivity contribution is 5.66. The van der Waals surface area contributed by atoms with Crippen LogP contribution in [-0.4, -0.2) is 18.4 Å². The second-order valence-corrected chi connectivity index (χ2v) is 6.88. The molecule has 0 heterocycles. The SMILES string of the molecule is CCCCCCCCC(C=CC=C[C@H]1CC=CC[C@@H]1C=O)OC(C)=O. The quantitative estimate of drug-likeness (QED) is 0.153. The molecule has 1 aliphatic rings. The maximum Gasteiger partial charge on any atom is 0.303 e. The Morgan fingerprint density at radius 2 is 1.76 bits per heavy atom. The Morgan fingerprint density at radius 1 is 1.08 bits per heavy atom. The molecule has 0 N–H and O–H groups in total. The van der Waals surface area contributed by atoms with Gasteiger partial charge in [0.2, 0.25) is 0 Å². The Labute approximate surface area is 153 Å². The van der Waals surface area contributed by atoms with Crippen LogP contribution in [0.25, 0.3) is 0 Å². The van der Waals surface area contributed by atoms with Crippen LogP contribution in [0, 0.1) is 11.8 Å². The van der Waals surface area contributed by atoms with Gasteiger partial charge in [-0.15, -0.1) is 0 Å². The predicted molar refractivity (Wildman–Crippen MR) is 103 cm³/mol. The van der Waals surface area contributed by atoms with E-state index >= 15 is 0 Å². The number of hydrogen-bond donors (Lipinski definition) is 0. The van der Waals surface area contributed by atoms with Crippen LogP contribution < -0.4 is 0 Å². The van der Waals surface area contributed by atoms with Crippen molar-refractivity contribution in [1.82, 2.24) is 0 Å². The molecule has 3 nitrogen and oxygen atoms in total. The monoisotopic (exact) mass is 346 g/mol. The number of esters is 1. The van der Waals surface area contributed by atoms with Crippen molar-refractivity contribution in [2.45, 2.75) is 77.7 Å². The van der Waals surface area contributed by atoms with E-state index in [1.807, 2.05) is 18.2 Å². The lowest BCUT2D eigenvalue weighted by molar-refractivity contribution is -0.144. The standard InChI is InChI=1S/C22H34O3/c1-3-4-5-6-7-8-16-22(25-19(2)24)17-12-11-14-20-13-9-10-15-21(20)18-23/h9-12,14,17-18,20-22H,3-8,13,15-16H2,1-2H3/t20-,21-,22?/m1/s1. The molecule has 1 aliphatic carbocycles. The molecule has 1 unspecified atom stereocenters. The Balaban J connectivity index is 2.40. The summed E-state index contributed by atoms with van der Waals surface area (Å²) < 4.78 is 5.39. The summed E-state index contributed by atoms with van der Waals surface area (Å²) in [5.74, 6) is 0.128. The van der Waals surface area contributed by atoms with Crippen molar-refractivity contribution in [2.24, 2.45) is 11.8 Å². The van der Waals surface area contributed by atoms with E-state index in [1.165, 1.54) is 39.0 Å². The van der Waals surface area contributed by atoms with E-state index in [1.54, 1.807) is 0 Å². The van der Waals surface area contributed by atoms with Gasteiger partial charge in [0.05, 0.1) is 0 Å².